The maximum absolute atomic E-state index is 9.16. The first kappa shape index (κ1) is 18.1. The predicted octanol–water partition coefficient (Wildman–Crippen LogP) is 5.95. The van der Waals surface area contributed by atoms with E-state index >= 15 is 0 Å². The highest BCUT2D eigenvalue weighted by Crippen LogP contribution is 2.18. The van der Waals surface area contributed by atoms with Crippen LogP contribution in [0.15, 0.2) is 83.3 Å². The van der Waals surface area contributed by atoms with E-state index in [4.69, 9.17) is 9.68 Å². The summed E-state index contributed by atoms with van der Waals surface area (Å²) in [7, 11) is 0. The molecular formula is C25H17N3O. The number of aromatic nitrogens is 2. The normalized spacial score (nSPS) is 11.1. The smallest absolute Gasteiger partial charge is 0.248 e. The Kier molecular flexibility index (Phi) is 5.41. The molecule has 3 aromatic carbocycles. The molecule has 0 bridgehead atoms. The van der Waals surface area contributed by atoms with Crippen molar-refractivity contribution in [3.8, 4) is 17.5 Å². The highest BCUT2D eigenvalue weighted by atomic mass is 16.4. The molecule has 0 radical (unpaired) electrons. The van der Waals surface area contributed by atoms with Crippen molar-refractivity contribution < 1.29 is 4.42 Å². The number of rotatable bonds is 5. The Morgan fingerprint density at radius 1 is 0.690 bits per heavy atom. The van der Waals surface area contributed by atoms with Crippen LogP contribution in [0.3, 0.4) is 0 Å². The van der Waals surface area contributed by atoms with E-state index in [1.807, 2.05) is 97.1 Å². The van der Waals surface area contributed by atoms with Crippen molar-refractivity contribution in [2.24, 2.45) is 0 Å². The van der Waals surface area contributed by atoms with E-state index in [0.717, 1.165) is 22.3 Å². The van der Waals surface area contributed by atoms with Gasteiger partial charge in [0.05, 0.1) is 11.6 Å². The van der Waals surface area contributed by atoms with Crippen molar-refractivity contribution in [2.45, 2.75) is 0 Å². The van der Waals surface area contributed by atoms with Crippen LogP contribution in [0.5, 0.6) is 0 Å². The Morgan fingerprint density at radius 3 is 2.07 bits per heavy atom. The van der Waals surface area contributed by atoms with Gasteiger partial charge in [-0.25, -0.2) is 0 Å². The quantitative estimate of drug-likeness (QED) is 0.404. The van der Waals surface area contributed by atoms with E-state index in [2.05, 4.69) is 16.3 Å². The summed E-state index contributed by atoms with van der Waals surface area (Å²) in [5, 5.41) is 17.3. The standard InChI is InChI=1S/C25H17N3O/c26-18-23-9-5-4-6-21(23)16-14-19-10-12-20(13-11-19)15-17-24-27-28-25(29-24)22-7-2-1-3-8-22/h1-17H. The molecule has 0 amide bonds. The fourth-order valence-electron chi connectivity index (χ4n) is 2.82. The summed E-state index contributed by atoms with van der Waals surface area (Å²) in [6.45, 7) is 0. The molecule has 0 spiro atoms. The zero-order chi connectivity index (χ0) is 19.9. The largest absolute Gasteiger partial charge is 0.417 e. The Hall–Kier alpha value is -4.23. The molecule has 138 valence electrons. The van der Waals surface area contributed by atoms with Gasteiger partial charge < -0.3 is 4.42 Å². The summed E-state index contributed by atoms with van der Waals surface area (Å²) in [4.78, 5) is 0. The van der Waals surface area contributed by atoms with Gasteiger partial charge >= 0.3 is 0 Å². The Morgan fingerprint density at radius 2 is 1.34 bits per heavy atom. The van der Waals surface area contributed by atoms with Crippen LogP contribution in [0.4, 0.5) is 0 Å². The highest BCUT2D eigenvalue weighted by molar-refractivity contribution is 5.74. The zero-order valence-corrected chi connectivity index (χ0v) is 15.6. The summed E-state index contributed by atoms with van der Waals surface area (Å²) in [5.41, 5.74) is 4.55. The number of hydrogen-bond acceptors (Lipinski definition) is 4. The second kappa shape index (κ2) is 8.64. The van der Waals surface area contributed by atoms with Crippen LogP contribution >= 0.6 is 0 Å². The second-order valence-electron chi connectivity index (χ2n) is 6.34. The third-order valence-electron chi connectivity index (χ3n) is 4.35. The lowest BCUT2D eigenvalue weighted by molar-refractivity contribution is 0.558. The molecule has 1 heterocycles. The van der Waals surface area contributed by atoms with Crippen LogP contribution in [0.2, 0.25) is 0 Å². The molecule has 4 aromatic rings. The van der Waals surface area contributed by atoms with Gasteiger partial charge in [-0.1, -0.05) is 72.8 Å². The second-order valence-corrected chi connectivity index (χ2v) is 6.34. The number of nitrogens with zero attached hydrogens (tertiary/aromatic N) is 3. The van der Waals surface area contributed by atoms with Crippen LogP contribution in [0, 0.1) is 11.3 Å². The Labute approximate surface area is 169 Å². The monoisotopic (exact) mass is 375 g/mol. The van der Waals surface area contributed by atoms with Gasteiger partial charge in [0.1, 0.15) is 0 Å². The Bertz CT molecular complexity index is 1200. The van der Waals surface area contributed by atoms with Crippen LogP contribution in [-0.4, -0.2) is 10.2 Å². The van der Waals surface area contributed by atoms with Crippen LogP contribution < -0.4 is 0 Å². The van der Waals surface area contributed by atoms with Gasteiger partial charge in [0.25, 0.3) is 0 Å². The van der Waals surface area contributed by atoms with E-state index in [9.17, 15) is 0 Å². The zero-order valence-electron chi connectivity index (χ0n) is 15.6. The molecule has 0 saturated carbocycles. The molecule has 4 rings (SSSR count). The molecule has 4 heteroatoms. The molecular weight excluding hydrogens is 358 g/mol. The van der Waals surface area contributed by atoms with Crippen molar-refractivity contribution in [3.05, 3.63) is 107 Å². The minimum atomic E-state index is 0.459. The molecule has 0 aliphatic heterocycles. The van der Waals surface area contributed by atoms with Crippen molar-refractivity contribution in [1.29, 1.82) is 5.26 Å². The minimum absolute atomic E-state index is 0.459. The average molecular weight is 375 g/mol. The summed E-state index contributed by atoms with van der Waals surface area (Å²) in [6.07, 6.45) is 7.68. The third-order valence-corrected chi connectivity index (χ3v) is 4.35. The van der Waals surface area contributed by atoms with Crippen molar-refractivity contribution >= 4 is 24.3 Å². The van der Waals surface area contributed by atoms with Gasteiger partial charge in [0, 0.05) is 11.6 Å². The fourth-order valence-corrected chi connectivity index (χ4v) is 2.82. The maximum Gasteiger partial charge on any atom is 0.248 e. The summed E-state index contributed by atoms with van der Waals surface area (Å²) in [6, 6.07) is 27.5. The maximum atomic E-state index is 9.16. The van der Waals surface area contributed by atoms with Gasteiger partial charge in [-0.05, 0) is 41.0 Å². The molecule has 0 saturated heterocycles. The molecule has 0 N–H and O–H groups in total. The van der Waals surface area contributed by atoms with Gasteiger partial charge in [-0.15, -0.1) is 10.2 Å². The van der Waals surface area contributed by atoms with Crippen LogP contribution in [0.1, 0.15) is 28.1 Å². The fraction of sp³-hybridized carbons (Fsp3) is 0. The molecule has 0 aliphatic carbocycles. The summed E-state index contributed by atoms with van der Waals surface area (Å²) >= 11 is 0. The van der Waals surface area contributed by atoms with Crippen LogP contribution in [-0.2, 0) is 0 Å². The molecule has 0 unspecified atom stereocenters. The number of benzene rings is 3. The minimum Gasteiger partial charge on any atom is -0.417 e. The first-order chi connectivity index (χ1) is 14.3. The SMILES string of the molecule is N#Cc1ccccc1C=Cc1ccc(C=Cc2nnc(-c3ccccc3)o2)cc1. The highest BCUT2D eigenvalue weighted by Gasteiger charge is 2.05. The molecule has 0 aliphatic rings. The summed E-state index contributed by atoms with van der Waals surface area (Å²) in [5.74, 6) is 0.962. The van der Waals surface area contributed by atoms with Crippen molar-refractivity contribution in [2.75, 3.05) is 0 Å². The van der Waals surface area contributed by atoms with E-state index in [1.165, 1.54) is 0 Å². The molecule has 0 atom stereocenters. The van der Waals surface area contributed by atoms with Gasteiger partial charge in [0.2, 0.25) is 11.8 Å². The third kappa shape index (κ3) is 4.55. The van der Waals surface area contributed by atoms with Gasteiger partial charge in [-0.3, -0.25) is 0 Å². The first-order valence-corrected chi connectivity index (χ1v) is 9.16. The lowest BCUT2D eigenvalue weighted by Gasteiger charge is -1.98. The first-order valence-electron chi connectivity index (χ1n) is 9.16. The predicted molar refractivity (Wildman–Crippen MR) is 115 cm³/mol. The van der Waals surface area contributed by atoms with E-state index < -0.39 is 0 Å². The van der Waals surface area contributed by atoms with E-state index in [1.54, 1.807) is 6.08 Å². The number of hydrogen-bond donors (Lipinski definition) is 0. The summed E-state index contributed by atoms with van der Waals surface area (Å²) < 4.78 is 5.68. The van der Waals surface area contributed by atoms with E-state index in [0.29, 0.717) is 17.3 Å². The van der Waals surface area contributed by atoms with Gasteiger partial charge in [-0.2, -0.15) is 5.26 Å². The topological polar surface area (TPSA) is 62.7 Å². The van der Waals surface area contributed by atoms with Crippen molar-refractivity contribution in [3.63, 3.8) is 0 Å². The Balaban J connectivity index is 1.44. The van der Waals surface area contributed by atoms with E-state index in [-0.39, 0.29) is 0 Å². The molecule has 1 aromatic heterocycles. The van der Waals surface area contributed by atoms with Gasteiger partial charge in [0.15, 0.2) is 0 Å². The van der Waals surface area contributed by atoms with Crippen molar-refractivity contribution in [1.82, 2.24) is 10.2 Å². The average Bonchev–Trinajstić information content (AvgIpc) is 3.27. The molecule has 29 heavy (non-hydrogen) atoms. The lowest BCUT2D eigenvalue weighted by Crippen LogP contribution is -1.80. The van der Waals surface area contributed by atoms with Crippen LogP contribution in [0.25, 0.3) is 35.8 Å². The lowest BCUT2D eigenvalue weighted by atomic mass is 10.1. The number of nitriles is 1. The molecule has 0 fully saturated rings. The molecule has 4 nitrogen and oxygen atoms in total.